The molecule has 134 valence electrons. The molecule has 25 heavy (non-hydrogen) atoms. The Hall–Kier alpha value is -2.78. The lowest BCUT2D eigenvalue weighted by Gasteiger charge is -2.18. The molecule has 0 radical (unpaired) electrons. The smallest absolute Gasteiger partial charge is 0.417 e. The van der Waals surface area contributed by atoms with Gasteiger partial charge in [-0.2, -0.15) is 26.3 Å². The normalized spacial score (nSPS) is 12.1. The molecule has 0 aliphatic carbocycles. The molecule has 3 nitrogen and oxygen atoms in total. The molecule has 2 rings (SSSR count). The molecule has 0 bridgehead atoms. The molecule has 0 saturated carbocycles. The number of carboxylic acid groups (broad SMARTS) is 1. The van der Waals surface area contributed by atoms with Crippen LogP contribution in [0.25, 0.3) is 11.1 Å². The fraction of sp³-hybridized carbons (Fsp3) is 0.133. The van der Waals surface area contributed by atoms with E-state index in [-0.39, 0.29) is 6.07 Å². The summed E-state index contributed by atoms with van der Waals surface area (Å²) in [5, 5.41) is 10.5. The SMILES string of the molecule is O=C(O)Nc1ccc(F)cc1-c1ccc(C(F)(F)F)cc1C(F)(F)F. The van der Waals surface area contributed by atoms with Crippen molar-refractivity contribution < 1.29 is 40.6 Å². The summed E-state index contributed by atoms with van der Waals surface area (Å²) in [6.07, 6.45) is -11.8. The number of carbonyl (C=O) groups is 1. The third-order valence-corrected chi connectivity index (χ3v) is 3.17. The molecule has 0 heterocycles. The summed E-state index contributed by atoms with van der Waals surface area (Å²) in [6, 6.07) is 3.09. The van der Waals surface area contributed by atoms with Gasteiger partial charge in [-0.15, -0.1) is 0 Å². The highest BCUT2D eigenvalue weighted by molar-refractivity contribution is 5.91. The van der Waals surface area contributed by atoms with Crippen LogP contribution in [0.1, 0.15) is 11.1 Å². The van der Waals surface area contributed by atoms with E-state index in [0.29, 0.717) is 18.2 Å². The highest BCUT2D eigenvalue weighted by Gasteiger charge is 2.38. The minimum Gasteiger partial charge on any atom is -0.465 e. The van der Waals surface area contributed by atoms with Gasteiger partial charge in [-0.25, -0.2) is 9.18 Å². The molecule has 0 aromatic heterocycles. The maximum absolute atomic E-state index is 13.4. The molecule has 0 aliphatic rings. The largest absolute Gasteiger partial charge is 0.465 e. The number of amides is 1. The van der Waals surface area contributed by atoms with Crippen molar-refractivity contribution in [2.75, 3.05) is 5.32 Å². The Balaban J connectivity index is 2.75. The van der Waals surface area contributed by atoms with Gasteiger partial charge in [0, 0.05) is 5.56 Å². The summed E-state index contributed by atoms with van der Waals surface area (Å²) < 4.78 is 91.1. The Morgan fingerprint density at radius 3 is 2.04 bits per heavy atom. The van der Waals surface area contributed by atoms with Crippen LogP contribution in [0.4, 0.5) is 41.2 Å². The Kier molecular flexibility index (Phi) is 4.65. The molecule has 0 saturated heterocycles. The Bertz CT molecular complexity index is 813. The van der Waals surface area contributed by atoms with E-state index in [1.165, 1.54) is 0 Å². The van der Waals surface area contributed by atoms with Crippen molar-refractivity contribution in [1.29, 1.82) is 0 Å². The quantitative estimate of drug-likeness (QED) is 0.677. The van der Waals surface area contributed by atoms with Gasteiger partial charge in [-0.05, 0) is 35.9 Å². The number of benzene rings is 2. The van der Waals surface area contributed by atoms with Crippen molar-refractivity contribution in [1.82, 2.24) is 0 Å². The summed E-state index contributed by atoms with van der Waals surface area (Å²) in [4.78, 5) is 10.7. The zero-order valence-corrected chi connectivity index (χ0v) is 12.0. The second-order valence-corrected chi connectivity index (χ2v) is 4.88. The van der Waals surface area contributed by atoms with E-state index >= 15 is 0 Å². The first-order valence-electron chi connectivity index (χ1n) is 6.48. The lowest BCUT2D eigenvalue weighted by atomic mass is 9.95. The zero-order chi connectivity index (χ0) is 19.0. The van der Waals surface area contributed by atoms with Crippen LogP contribution < -0.4 is 5.32 Å². The maximum atomic E-state index is 13.4. The summed E-state index contributed by atoms with van der Waals surface area (Å²) in [6.45, 7) is 0. The van der Waals surface area contributed by atoms with Gasteiger partial charge in [0.15, 0.2) is 0 Å². The van der Waals surface area contributed by atoms with Gasteiger partial charge in [0.05, 0.1) is 16.8 Å². The lowest BCUT2D eigenvalue weighted by Crippen LogP contribution is -2.13. The van der Waals surface area contributed by atoms with Gasteiger partial charge in [-0.1, -0.05) is 6.07 Å². The molecular formula is C15H8F7NO2. The van der Waals surface area contributed by atoms with Crippen LogP contribution in [-0.4, -0.2) is 11.2 Å². The van der Waals surface area contributed by atoms with Gasteiger partial charge in [0.2, 0.25) is 0 Å². The van der Waals surface area contributed by atoms with Crippen molar-refractivity contribution in [2.45, 2.75) is 12.4 Å². The fourth-order valence-electron chi connectivity index (χ4n) is 2.15. The highest BCUT2D eigenvalue weighted by atomic mass is 19.4. The number of rotatable bonds is 2. The highest BCUT2D eigenvalue weighted by Crippen LogP contribution is 2.42. The number of nitrogens with one attached hydrogen (secondary N) is 1. The Morgan fingerprint density at radius 2 is 1.52 bits per heavy atom. The van der Waals surface area contributed by atoms with Crippen LogP contribution in [0, 0.1) is 5.82 Å². The van der Waals surface area contributed by atoms with Gasteiger partial charge in [0.1, 0.15) is 5.82 Å². The van der Waals surface area contributed by atoms with E-state index in [1.54, 1.807) is 5.32 Å². The number of hydrogen-bond donors (Lipinski definition) is 2. The predicted octanol–water partition coefficient (Wildman–Crippen LogP) is 5.62. The van der Waals surface area contributed by atoms with Crippen LogP contribution in [0.15, 0.2) is 36.4 Å². The molecule has 2 N–H and O–H groups in total. The number of anilines is 1. The van der Waals surface area contributed by atoms with Crippen molar-refractivity contribution >= 4 is 11.8 Å². The summed E-state index contributed by atoms with van der Waals surface area (Å²) in [7, 11) is 0. The molecule has 0 atom stereocenters. The second kappa shape index (κ2) is 6.26. The van der Waals surface area contributed by atoms with Gasteiger partial charge in [-0.3, -0.25) is 5.32 Å². The fourth-order valence-corrected chi connectivity index (χ4v) is 2.15. The number of hydrogen-bond acceptors (Lipinski definition) is 1. The molecule has 1 amide bonds. The third-order valence-electron chi connectivity index (χ3n) is 3.17. The van der Waals surface area contributed by atoms with Gasteiger partial charge < -0.3 is 5.11 Å². The molecule has 0 aliphatic heterocycles. The summed E-state index contributed by atoms with van der Waals surface area (Å²) >= 11 is 0. The van der Waals surface area contributed by atoms with Crippen LogP contribution in [0.2, 0.25) is 0 Å². The number of halogens is 7. The average Bonchev–Trinajstić information content (AvgIpc) is 2.46. The van der Waals surface area contributed by atoms with E-state index in [2.05, 4.69) is 0 Å². The van der Waals surface area contributed by atoms with Crippen molar-refractivity contribution in [3.63, 3.8) is 0 Å². The van der Waals surface area contributed by atoms with Crippen molar-refractivity contribution in [3.8, 4) is 11.1 Å². The van der Waals surface area contributed by atoms with Crippen LogP contribution in [-0.2, 0) is 12.4 Å². The van der Waals surface area contributed by atoms with E-state index < -0.39 is 52.2 Å². The molecule has 0 unspecified atom stereocenters. The second-order valence-electron chi connectivity index (χ2n) is 4.88. The Labute approximate surface area is 135 Å². The molecule has 10 heteroatoms. The molecule has 2 aromatic carbocycles. The first-order chi connectivity index (χ1) is 11.4. The molecular weight excluding hydrogens is 359 g/mol. The maximum Gasteiger partial charge on any atom is 0.417 e. The van der Waals surface area contributed by atoms with Crippen LogP contribution in [0.5, 0.6) is 0 Å². The Morgan fingerprint density at radius 1 is 0.880 bits per heavy atom. The summed E-state index contributed by atoms with van der Waals surface area (Å²) in [5.74, 6) is -0.987. The van der Waals surface area contributed by atoms with Crippen LogP contribution in [0.3, 0.4) is 0 Å². The minimum absolute atomic E-state index is 0.106. The standard InChI is InChI=1S/C15H8F7NO2/c16-8-2-4-12(23-13(24)25)10(6-8)9-3-1-7(14(17,18)19)5-11(9)15(20,21)22/h1-6,23H,(H,24,25). The van der Waals surface area contributed by atoms with Crippen molar-refractivity contribution in [3.05, 3.63) is 53.3 Å². The first-order valence-corrected chi connectivity index (χ1v) is 6.48. The minimum atomic E-state index is -5.18. The van der Waals surface area contributed by atoms with E-state index in [1.807, 2.05) is 0 Å². The monoisotopic (exact) mass is 367 g/mol. The van der Waals surface area contributed by atoms with Gasteiger partial charge in [0.25, 0.3) is 0 Å². The molecule has 0 spiro atoms. The lowest BCUT2D eigenvalue weighted by molar-refractivity contribution is -0.142. The van der Waals surface area contributed by atoms with E-state index in [0.717, 1.165) is 12.1 Å². The topological polar surface area (TPSA) is 49.3 Å². The third kappa shape index (κ3) is 4.20. The van der Waals surface area contributed by atoms with Crippen molar-refractivity contribution in [2.24, 2.45) is 0 Å². The average molecular weight is 367 g/mol. The van der Waals surface area contributed by atoms with E-state index in [9.17, 15) is 35.5 Å². The van der Waals surface area contributed by atoms with Crippen LogP contribution >= 0.6 is 0 Å². The molecule has 0 fully saturated rings. The first kappa shape index (κ1) is 18.6. The molecule has 2 aromatic rings. The predicted molar refractivity (Wildman–Crippen MR) is 73.5 cm³/mol. The number of alkyl halides is 6. The van der Waals surface area contributed by atoms with E-state index in [4.69, 9.17) is 5.11 Å². The zero-order valence-electron chi connectivity index (χ0n) is 12.0. The van der Waals surface area contributed by atoms with Gasteiger partial charge >= 0.3 is 18.4 Å². The summed E-state index contributed by atoms with van der Waals surface area (Å²) in [5.41, 5.74) is -4.93.